The van der Waals surface area contributed by atoms with Gasteiger partial charge < -0.3 is 9.64 Å². The molecule has 29 heavy (non-hydrogen) atoms. The molecular weight excluding hydrogens is 402 g/mol. The summed E-state index contributed by atoms with van der Waals surface area (Å²) in [5, 5.41) is 0. The van der Waals surface area contributed by atoms with Gasteiger partial charge in [0.05, 0.1) is 17.2 Å². The zero-order valence-electron chi connectivity index (χ0n) is 16.2. The van der Waals surface area contributed by atoms with Gasteiger partial charge in [-0.25, -0.2) is 27.2 Å². The molecule has 2 aliphatic rings. The molecule has 156 valence electrons. The summed E-state index contributed by atoms with van der Waals surface area (Å²) in [6, 6.07) is 2.63. The first kappa shape index (κ1) is 20.1. The summed E-state index contributed by atoms with van der Waals surface area (Å²) in [6.07, 6.45) is 3.37. The lowest BCUT2D eigenvalue weighted by molar-refractivity contribution is -0.0925. The van der Waals surface area contributed by atoms with Gasteiger partial charge in [-0.15, -0.1) is 0 Å². The van der Waals surface area contributed by atoms with Crippen molar-refractivity contribution in [2.24, 2.45) is 0 Å². The van der Waals surface area contributed by atoms with Crippen molar-refractivity contribution in [3.05, 3.63) is 47.3 Å². The van der Waals surface area contributed by atoms with Gasteiger partial charge >= 0.3 is 0 Å². The Morgan fingerprint density at radius 1 is 1.17 bits per heavy atom. The number of hydrogen-bond donors (Lipinski definition) is 0. The van der Waals surface area contributed by atoms with Crippen molar-refractivity contribution in [2.45, 2.75) is 29.8 Å². The van der Waals surface area contributed by atoms with Gasteiger partial charge in [-0.05, 0) is 43.0 Å². The number of nitrogens with zero attached hydrogens (tertiary/aromatic N) is 4. The first-order valence-electron chi connectivity index (χ1n) is 9.36. The van der Waals surface area contributed by atoms with E-state index in [9.17, 15) is 17.2 Å². The van der Waals surface area contributed by atoms with Gasteiger partial charge in [-0.1, -0.05) is 0 Å². The van der Waals surface area contributed by atoms with E-state index in [1.165, 1.54) is 4.31 Å². The first-order valence-corrected chi connectivity index (χ1v) is 10.8. The van der Waals surface area contributed by atoms with E-state index in [0.717, 1.165) is 29.5 Å². The van der Waals surface area contributed by atoms with Crippen molar-refractivity contribution in [2.75, 3.05) is 38.7 Å². The Hall–Kier alpha value is -2.17. The number of hydrogen-bond acceptors (Lipinski definition) is 6. The standard InChI is InChI=1S/C19H22F2N4O3S/c1-24(2)18-22-12-13-5-10-28-19(17(13)23-18)6-8-25(9-7-19)29(26,27)14-3-4-15(20)16(21)11-14/h3-4,11-12H,5-10H2,1-2H3. The molecule has 0 unspecified atom stereocenters. The van der Waals surface area contributed by atoms with Crippen molar-refractivity contribution in [3.63, 3.8) is 0 Å². The maximum atomic E-state index is 13.5. The Bertz CT molecular complexity index is 1040. The topological polar surface area (TPSA) is 75.6 Å². The van der Waals surface area contributed by atoms with Gasteiger partial charge in [-0.2, -0.15) is 4.31 Å². The lowest BCUT2D eigenvalue weighted by Crippen LogP contribution is -2.49. The molecular formula is C19H22F2N4O3S. The van der Waals surface area contributed by atoms with E-state index in [2.05, 4.69) is 9.97 Å². The number of piperidine rings is 1. The van der Waals surface area contributed by atoms with Crippen LogP contribution in [0, 0.1) is 11.6 Å². The average molecular weight is 424 g/mol. The summed E-state index contributed by atoms with van der Waals surface area (Å²) in [5.74, 6) is -1.69. The third kappa shape index (κ3) is 3.49. The van der Waals surface area contributed by atoms with E-state index >= 15 is 0 Å². The zero-order chi connectivity index (χ0) is 20.8. The van der Waals surface area contributed by atoms with Crippen LogP contribution in [-0.2, 0) is 26.8 Å². The lowest BCUT2D eigenvalue weighted by Gasteiger charge is -2.43. The molecule has 0 amide bonds. The fourth-order valence-electron chi connectivity index (χ4n) is 3.87. The summed E-state index contributed by atoms with van der Waals surface area (Å²) in [7, 11) is -0.213. The van der Waals surface area contributed by atoms with Gasteiger partial charge in [0, 0.05) is 33.4 Å². The SMILES string of the molecule is CN(C)c1ncc2c(n1)C1(CCN(S(=O)(=O)c3ccc(F)c(F)c3)CC1)OCC2. The second-order valence-corrected chi connectivity index (χ2v) is 9.45. The minimum atomic E-state index is -3.93. The summed E-state index contributed by atoms with van der Waals surface area (Å²) in [6.45, 7) is 0.914. The van der Waals surface area contributed by atoms with E-state index in [0.29, 0.717) is 31.8 Å². The molecule has 2 aliphatic heterocycles. The zero-order valence-corrected chi connectivity index (χ0v) is 17.0. The average Bonchev–Trinajstić information content (AvgIpc) is 2.70. The molecule has 7 nitrogen and oxygen atoms in total. The smallest absolute Gasteiger partial charge is 0.243 e. The van der Waals surface area contributed by atoms with Crippen LogP contribution in [0.15, 0.2) is 29.3 Å². The molecule has 0 atom stereocenters. The van der Waals surface area contributed by atoms with Crippen LogP contribution in [0.5, 0.6) is 0 Å². The van der Waals surface area contributed by atoms with Crippen LogP contribution in [-0.4, -0.2) is 56.5 Å². The number of fused-ring (bicyclic) bond motifs is 2. The van der Waals surface area contributed by atoms with Crippen LogP contribution in [0.1, 0.15) is 24.1 Å². The minimum absolute atomic E-state index is 0.196. The molecule has 0 N–H and O–H groups in total. The van der Waals surface area contributed by atoms with Crippen LogP contribution in [0.4, 0.5) is 14.7 Å². The number of aromatic nitrogens is 2. The Morgan fingerprint density at radius 3 is 2.55 bits per heavy atom. The third-order valence-corrected chi connectivity index (χ3v) is 7.39. The van der Waals surface area contributed by atoms with Crippen molar-refractivity contribution >= 4 is 16.0 Å². The summed E-state index contributed by atoms with van der Waals surface area (Å²) >= 11 is 0. The van der Waals surface area contributed by atoms with E-state index < -0.39 is 27.3 Å². The molecule has 3 heterocycles. The van der Waals surface area contributed by atoms with Gasteiger partial charge in [-0.3, -0.25) is 0 Å². The highest BCUT2D eigenvalue weighted by Crippen LogP contribution is 2.41. The monoisotopic (exact) mass is 424 g/mol. The Kier molecular flexibility index (Phi) is 5.04. The summed E-state index contributed by atoms with van der Waals surface area (Å²) in [4.78, 5) is 10.6. The molecule has 1 saturated heterocycles. The number of ether oxygens (including phenoxy) is 1. The molecule has 1 aromatic heterocycles. The quantitative estimate of drug-likeness (QED) is 0.751. The number of sulfonamides is 1. The Morgan fingerprint density at radius 2 is 1.90 bits per heavy atom. The van der Waals surface area contributed by atoms with E-state index in [4.69, 9.17) is 4.74 Å². The second-order valence-electron chi connectivity index (χ2n) is 7.51. The predicted octanol–water partition coefficient (Wildman–Crippen LogP) is 2.07. The molecule has 10 heteroatoms. The molecule has 1 aromatic carbocycles. The maximum absolute atomic E-state index is 13.5. The summed E-state index contributed by atoms with van der Waals surface area (Å²) in [5.41, 5.74) is 1.16. The largest absolute Gasteiger partial charge is 0.368 e. The van der Waals surface area contributed by atoms with E-state index in [1.54, 1.807) is 0 Å². The van der Waals surface area contributed by atoms with Crippen molar-refractivity contribution in [3.8, 4) is 0 Å². The van der Waals surface area contributed by atoms with Gasteiger partial charge in [0.2, 0.25) is 16.0 Å². The summed E-state index contributed by atoms with van der Waals surface area (Å²) < 4.78 is 59.9. The Balaban J connectivity index is 1.60. The van der Waals surface area contributed by atoms with Crippen LogP contribution in [0.25, 0.3) is 0 Å². The van der Waals surface area contributed by atoms with E-state index in [-0.39, 0.29) is 18.0 Å². The normalized spacial score (nSPS) is 19.2. The van der Waals surface area contributed by atoms with Crippen LogP contribution in [0.3, 0.4) is 0 Å². The minimum Gasteiger partial charge on any atom is -0.368 e. The highest BCUT2D eigenvalue weighted by atomic mass is 32.2. The van der Waals surface area contributed by atoms with Gasteiger partial charge in [0.1, 0.15) is 5.60 Å². The Labute approximate surface area is 168 Å². The molecule has 1 fully saturated rings. The molecule has 1 spiro atoms. The predicted molar refractivity (Wildman–Crippen MR) is 102 cm³/mol. The lowest BCUT2D eigenvalue weighted by atomic mass is 9.84. The van der Waals surface area contributed by atoms with E-state index in [1.807, 2.05) is 25.2 Å². The van der Waals surface area contributed by atoms with Gasteiger partial charge in [0.15, 0.2) is 11.6 Å². The van der Waals surface area contributed by atoms with Gasteiger partial charge in [0.25, 0.3) is 0 Å². The van der Waals surface area contributed by atoms with Crippen molar-refractivity contribution in [1.29, 1.82) is 0 Å². The fraction of sp³-hybridized carbons (Fsp3) is 0.474. The van der Waals surface area contributed by atoms with Crippen LogP contribution >= 0.6 is 0 Å². The fourth-order valence-corrected chi connectivity index (χ4v) is 5.32. The molecule has 0 saturated carbocycles. The number of rotatable bonds is 3. The molecule has 2 aromatic rings. The number of benzene rings is 1. The third-order valence-electron chi connectivity index (χ3n) is 5.49. The maximum Gasteiger partial charge on any atom is 0.243 e. The highest BCUT2D eigenvalue weighted by molar-refractivity contribution is 7.89. The van der Waals surface area contributed by atoms with Crippen LogP contribution in [0.2, 0.25) is 0 Å². The van der Waals surface area contributed by atoms with Crippen molar-refractivity contribution < 1.29 is 21.9 Å². The van der Waals surface area contributed by atoms with Crippen LogP contribution < -0.4 is 4.90 Å². The highest BCUT2D eigenvalue weighted by Gasteiger charge is 2.45. The molecule has 0 bridgehead atoms. The number of halogens is 2. The second kappa shape index (κ2) is 7.26. The number of anilines is 1. The first-order chi connectivity index (χ1) is 13.7. The molecule has 4 rings (SSSR count). The van der Waals surface area contributed by atoms with Crippen molar-refractivity contribution in [1.82, 2.24) is 14.3 Å². The molecule has 0 aliphatic carbocycles. The molecule has 0 radical (unpaired) electrons.